The summed E-state index contributed by atoms with van der Waals surface area (Å²) < 4.78 is 2.32. The van der Waals surface area contributed by atoms with Crippen LogP contribution in [0.2, 0.25) is 0 Å². The molecule has 6 heteroatoms. The van der Waals surface area contributed by atoms with Gasteiger partial charge in [0.25, 0.3) is 0 Å². The normalized spacial score (nSPS) is 13.0. The summed E-state index contributed by atoms with van der Waals surface area (Å²) in [5, 5.41) is 0. The van der Waals surface area contributed by atoms with Gasteiger partial charge in [-0.25, -0.2) is 0 Å². The SMILES string of the molecule is CC(=O)c1cc2c(s1)Sc1sc(C(C)=O)cc1S2. The standard InChI is InChI=1S/C12H8O2S4/c1-5(13)7-3-9-11(16-7)18-12-10(15-9)4-8(17-12)6(2)14/h3-4H,1-2H3. The third-order valence-corrected chi connectivity index (χ3v) is 7.90. The second-order valence-corrected chi connectivity index (χ2v) is 8.57. The van der Waals surface area contributed by atoms with Crippen LogP contribution in [0.5, 0.6) is 0 Å². The molecule has 1 aliphatic rings. The van der Waals surface area contributed by atoms with Crippen molar-refractivity contribution in [3.63, 3.8) is 0 Å². The predicted octanol–water partition coefficient (Wildman–Crippen LogP) is 4.83. The molecule has 0 fully saturated rings. The topological polar surface area (TPSA) is 34.1 Å². The van der Waals surface area contributed by atoms with Crippen LogP contribution in [-0.4, -0.2) is 11.6 Å². The number of ketones is 2. The fraction of sp³-hybridized carbons (Fsp3) is 0.167. The molecular weight excluding hydrogens is 304 g/mol. The Kier molecular flexibility index (Phi) is 3.13. The Labute approximate surface area is 121 Å². The van der Waals surface area contributed by atoms with Crippen molar-refractivity contribution in [3.05, 3.63) is 21.9 Å². The second kappa shape index (κ2) is 4.52. The molecule has 0 atom stereocenters. The van der Waals surface area contributed by atoms with Crippen molar-refractivity contribution in [2.24, 2.45) is 0 Å². The quantitative estimate of drug-likeness (QED) is 0.635. The van der Waals surface area contributed by atoms with Gasteiger partial charge in [0, 0.05) is 9.79 Å². The smallest absolute Gasteiger partial charge is 0.169 e. The van der Waals surface area contributed by atoms with E-state index in [4.69, 9.17) is 0 Å². The number of hydrogen-bond donors (Lipinski definition) is 0. The van der Waals surface area contributed by atoms with Gasteiger partial charge in [0.15, 0.2) is 11.6 Å². The first-order valence-electron chi connectivity index (χ1n) is 5.20. The molecule has 3 heterocycles. The number of fused-ring (bicyclic) bond motifs is 2. The first-order chi connectivity index (χ1) is 8.54. The van der Waals surface area contributed by atoms with Gasteiger partial charge in [-0.2, -0.15) is 0 Å². The molecule has 0 saturated heterocycles. The van der Waals surface area contributed by atoms with E-state index in [1.54, 1.807) is 37.4 Å². The molecule has 0 aliphatic carbocycles. The van der Waals surface area contributed by atoms with Crippen molar-refractivity contribution >= 4 is 57.8 Å². The molecule has 0 bridgehead atoms. The van der Waals surface area contributed by atoms with E-state index >= 15 is 0 Å². The van der Waals surface area contributed by atoms with E-state index in [1.165, 1.54) is 22.7 Å². The summed E-state index contributed by atoms with van der Waals surface area (Å²) in [5.74, 6) is 0.228. The van der Waals surface area contributed by atoms with Crippen LogP contribution in [0.25, 0.3) is 0 Å². The summed E-state index contributed by atoms with van der Waals surface area (Å²) in [6.45, 7) is 3.19. The fourth-order valence-corrected chi connectivity index (χ4v) is 6.83. The van der Waals surface area contributed by atoms with Gasteiger partial charge >= 0.3 is 0 Å². The van der Waals surface area contributed by atoms with E-state index in [2.05, 4.69) is 0 Å². The van der Waals surface area contributed by atoms with E-state index < -0.39 is 0 Å². The Balaban J connectivity index is 1.99. The molecule has 2 aromatic heterocycles. The van der Waals surface area contributed by atoms with Crippen molar-refractivity contribution < 1.29 is 9.59 Å². The van der Waals surface area contributed by atoms with Crippen LogP contribution in [0.15, 0.2) is 30.3 Å². The number of rotatable bonds is 2. The minimum atomic E-state index is 0.114. The molecule has 0 amide bonds. The van der Waals surface area contributed by atoms with E-state index in [-0.39, 0.29) is 11.6 Å². The number of thiophene rings is 2. The molecule has 0 saturated carbocycles. The van der Waals surface area contributed by atoms with Crippen molar-refractivity contribution in [2.45, 2.75) is 32.1 Å². The molecule has 0 aromatic carbocycles. The maximum Gasteiger partial charge on any atom is 0.169 e. The van der Waals surface area contributed by atoms with Crippen molar-refractivity contribution in [1.29, 1.82) is 0 Å². The zero-order valence-corrected chi connectivity index (χ0v) is 12.9. The Hall–Kier alpha value is -0.560. The lowest BCUT2D eigenvalue weighted by molar-refractivity contribution is 0.101. The Morgan fingerprint density at radius 1 is 0.833 bits per heavy atom. The van der Waals surface area contributed by atoms with Crippen LogP contribution in [0.1, 0.15) is 33.2 Å². The maximum absolute atomic E-state index is 11.4. The zero-order valence-electron chi connectivity index (χ0n) is 9.60. The summed E-state index contributed by atoms with van der Waals surface area (Å²) in [6.07, 6.45) is 0. The number of Topliss-reactive ketones (excluding diaryl/α,β-unsaturated/α-hetero) is 2. The Morgan fingerprint density at radius 2 is 1.28 bits per heavy atom. The summed E-state index contributed by atoms with van der Waals surface area (Å²) >= 11 is 6.40. The van der Waals surface area contributed by atoms with Gasteiger partial charge in [0.1, 0.15) is 0 Å². The molecule has 2 aromatic rings. The third kappa shape index (κ3) is 2.07. The van der Waals surface area contributed by atoms with E-state index in [0.717, 1.165) is 28.0 Å². The summed E-state index contributed by atoms with van der Waals surface area (Å²) in [7, 11) is 0. The van der Waals surface area contributed by atoms with Gasteiger partial charge in [0.2, 0.25) is 0 Å². The molecular formula is C12H8O2S4. The average molecular weight is 312 g/mol. The largest absolute Gasteiger partial charge is 0.294 e. The highest BCUT2D eigenvalue weighted by atomic mass is 32.2. The fourth-order valence-electron chi connectivity index (χ4n) is 1.55. The molecule has 0 unspecified atom stereocenters. The molecule has 2 nitrogen and oxygen atoms in total. The number of hydrogen-bond acceptors (Lipinski definition) is 6. The average Bonchev–Trinajstić information content (AvgIpc) is 2.87. The van der Waals surface area contributed by atoms with Gasteiger partial charge in [-0.3, -0.25) is 9.59 Å². The monoisotopic (exact) mass is 312 g/mol. The highest BCUT2D eigenvalue weighted by Crippen LogP contribution is 2.54. The predicted molar refractivity (Wildman–Crippen MR) is 76.9 cm³/mol. The number of carbonyl (C=O) groups excluding carboxylic acids is 2. The molecule has 92 valence electrons. The van der Waals surface area contributed by atoms with E-state index in [0.29, 0.717) is 0 Å². The third-order valence-electron chi connectivity index (χ3n) is 2.43. The van der Waals surface area contributed by atoms with Gasteiger partial charge in [0.05, 0.1) is 18.2 Å². The summed E-state index contributed by atoms with van der Waals surface area (Å²) in [6, 6.07) is 3.90. The first kappa shape index (κ1) is 12.5. The number of carbonyl (C=O) groups is 2. The van der Waals surface area contributed by atoms with Crippen molar-refractivity contribution in [2.75, 3.05) is 0 Å². The summed E-state index contributed by atoms with van der Waals surface area (Å²) in [5.41, 5.74) is 0. The molecule has 18 heavy (non-hydrogen) atoms. The summed E-state index contributed by atoms with van der Waals surface area (Å²) in [4.78, 5) is 26.6. The van der Waals surface area contributed by atoms with Gasteiger partial charge in [-0.1, -0.05) is 23.5 Å². The highest BCUT2D eigenvalue weighted by molar-refractivity contribution is 8.07. The molecule has 1 aliphatic heterocycles. The van der Waals surface area contributed by atoms with Crippen LogP contribution >= 0.6 is 46.2 Å². The highest BCUT2D eigenvalue weighted by Gasteiger charge is 2.24. The minimum absolute atomic E-state index is 0.114. The van der Waals surface area contributed by atoms with Gasteiger partial charge < -0.3 is 0 Å². The first-order valence-corrected chi connectivity index (χ1v) is 8.46. The van der Waals surface area contributed by atoms with Crippen molar-refractivity contribution in [1.82, 2.24) is 0 Å². The maximum atomic E-state index is 11.4. The molecule has 0 radical (unpaired) electrons. The Bertz CT molecular complexity index is 568. The Morgan fingerprint density at radius 3 is 1.67 bits per heavy atom. The van der Waals surface area contributed by atoms with E-state index in [1.807, 2.05) is 12.1 Å². The van der Waals surface area contributed by atoms with E-state index in [9.17, 15) is 9.59 Å². The lowest BCUT2D eigenvalue weighted by Gasteiger charge is -2.08. The van der Waals surface area contributed by atoms with Crippen LogP contribution in [-0.2, 0) is 0 Å². The van der Waals surface area contributed by atoms with Gasteiger partial charge in [-0.05, 0) is 26.0 Å². The molecule has 3 rings (SSSR count). The molecule has 0 spiro atoms. The van der Waals surface area contributed by atoms with Crippen LogP contribution in [0, 0.1) is 0 Å². The zero-order chi connectivity index (χ0) is 12.9. The van der Waals surface area contributed by atoms with Gasteiger partial charge in [-0.15, -0.1) is 22.7 Å². The van der Waals surface area contributed by atoms with Crippen LogP contribution in [0.3, 0.4) is 0 Å². The van der Waals surface area contributed by atoms with Crippen molar-refractivity contribution in [3.8, 4) is 0 Å². The molecule has 0 N–H and O–H groups in total. The minimum Gasteiger partial charge on any atom is -0.294 e. The lowest BCUT2D eigenvalue weighted by Crippen LogP contribution is -1.84. The van der Waals surface area contributed by atoms with Crippen LogP contribution < -0.4 is 0 Å². The lowest BCUT2D eigenvalue weighted by atomic mass is 10.3. The second-order valence-electron chi connectivity index (χ2n) is 3.84. The van der Waals surface area contributed by atoms with Crippen LogP contribution in [0.4, 0.5) is 0 Å².